The first-order valence-corrected chi connectivity index (χ1v) is 14.5. The van der Waals surface area contributed by atoms with E-state index in [9.17, 15) is 9.59 Å². The van der Waals surface area contributed by atoms with Crippen molar-refractivity contribution in [3.63, 3.8) is 0 Å². The van der Waals surface area contributed by atoms with Gasteiger partial charge in [-0.1, -0.05) is 50.6 Å². The van der Waals surface area contributed by atoms with E-state index in [2.05, 4.69) is 47.7 Å². The summed E-state index contributed by atoms with van der Waals surface area (Å²) in [5, 5.41) is 0. The van der Waals surface area contributed by atoms with E-state index in [4.69, 9.17) is 9.72 Å². The zero-order valence-corrected chi connectivity index (χ0v) is 23.3. The van der Waals surface area contributed by atoms with Crippen molar-refractivity contribution in [2.24, 2.45) is 5.92 Å². The predicted molar refractivity (Wildman–Crippen MR) is 151 cm³/mol. The maximum atomic E-state index is 12.0. The number of ether oxygens (including phenoxy) is 1. The van der Waals surface area contributed by atoms with E-state index >= 15 is 0 Å². The normalized spacial score (nSPS) is 19.3. The zero-order chi connectivity index (χ0) is 27.4. The summed E-state index contributed by atoms with van der Waals surface area (Å²) >= 11 is 0. The minimum Gasteiger partial charge on any atom is -0.444 e. The molecule has 0 N–H and O–H groups in total. The standard InChI is InChI=1S/C31H41N5O3/c1-4-29(37)35-17-15-34(16-18-35)27(19-23-9-10-23)25-13-11-24(12-14-25)22(3)7-6-8-28-32-20-26-21-39-31(38)36(5-2)30(26)33-28/h4,11-14,20,22-23,27H,1,5-10,15-19,21H2,2-3H3/t22-,27+/m1/s1. The molecule has 2 amide bonds. The van der Waals surface area contributed by atoms with E-state index < -0.39 is 0 Å². The Morgan fingerprint density at radius 1 is 1.15 bits per heavy atom. The average Bonchev–Trinajstić information content (AvgIpc) is 3.80. The van der Waals surface area contributed by atoms with E-state index in [1.165, 1.54) is 36.5 Å². The van der Waals surface area contributed by atoms with Gasteiger partial charge in [0.05, 0.1) is 5.56 Å². The number of fused-ring (bicyclic) bond motifs is 1. The molecule has 8 heteroatoms. The maximum Gasteiger partial charge on any atom is 0.415 e. The van der Waals surface area contributed by atoms with E-state index in [1.807, 2.05) is 11.8 Å². The lowest BCUT2D eigenvalue weighted by Gasteiger charge is -2.39. The Balaban J connectivity index is 1.16. The number of hydrogen-bond acceptors (Lipinski definition) is 6. The van der Waals surface area contributed by atoms with Crippen LogP contribution in [0.1, 0.15) is 80.4 Å². The second-order valence-electron chi connectivity index (χ2n) is 11.2. The molecule has 8 nitrogen and oxygen atoms in total. The lowest BCUT2D eigenvalue weighted by Crippen LogP contribution is -2.49. The van der Waals surface area contributed by atoms with Crippen LogP contribution in [0, 0.1) is 5.92 Å². The van der Waals surface area contributed by atoms with Crippen molar-refractivity contribution in [3.8, 4) is 0 Å². The second-order valence-corrected chi connectivity index (χ2v) is 11.2. The Morgan fingerprint density at radius 3 is 2.54 bits per heavy atom. The Morgan fingerprint density at radius 2 is 1.87 bits per heavy atom. The molecule has 2 aromatic rings. The molecule has 5 rings (SSSR count). The highest BCUT2D eigenvalue weighted by atomic mass is 16.6. The van der Waals surface area contributed by atoms with E-state index in [1.54, 1.807) is 11.1 Å². The maximum absolute atomic E-state index is 12.0. The number of carbonyl (C=O) groups excluding carboxylic acids is 2. The van der Waals surface area contributed by atoms with Crippen LogP contribution in [0.15, 0.2) is 43.1 Å². The fourth-order valence-corrected chi connectivity index (χ4v) is 5.80. The average molecular weight is 532 g/mol. The van der Waals surface area contributed by atoms with Gasteiger partial charge in [0.2, 0.25) is 5.91 Å². The van der Waals surface area contributed by atoms with Crippen LogP contribution in [-0.2, 0) is 22.6 Å². The molecule has 0 spiro atoms. The molecule has 2 atom stereocenters. The number of carbonyl (C=O) groups is 2. The molecule has 2 fully saturated rings. The van der Waals surface area contributed by atoms with E-state index in [0.717, 1.165) is 62.7 Å². The lowest BCUT2D eigenvalue weighted by atomic mass is 9.92. The van der Waals surface area contributed by atoms with Gasteiger partial charge in [-0.2, -0.15) is 0 Å². The molecule has 2 aliphatic heterocycles. The van der Waals surface area contributed by atoms with Crippen molar-refractivity contribution < 1.29 is 14.3 Å². The highest BCUT2D eigenvalue weighted by Gasteiger charge is 2.32. The van der Waals surface area contributed by atoms with E-state index in [0.29, 0.717) is 24.3 Å². The zero-order valence-electron chi connectivity index (χ0n) is 23.3. The number of rotatable bonds is 11. The summed E-state index contributed by atoms with van der Waals surface area (Å²) in [5.74, 6) is 2.79. The van der Waals surface area contributed by atoms with Gasteiger partial charge in [-0.25, -0.2) is 14.8 Å². The van der Waals surface area contributed by atoms with Gasteiger partial charge in [0.15, 0.2) is 0 Å². The van der Waals surface area contributed by atoms with Crippen LogP contribution in [0.4, 0.5) is 10.6 Å². The summed E-state index contributed by atoms with van der Waals surface area (Å²) in [7, 11) is 0. The minimum absolute atomic E-state index is 0.0394. The summed E-state index contributed by atoms with van der Waals surface area (Å²) < 4.78 is 5.19. The topological polar surface area (TPSA) is 78.9 Å². The van der Waals surface area contributed by atoms with Crippen molar-refractivity contribution in [1.29, 1.82) is 0 Å². The third-order valence-electron chi connectivity index (χ3n) is 8.46. The summed E-state index contributed by atoms with van der Waals surface area (Å²) in [6, 6.07) is 9.68. The minimum atomic E-state index is -0.337. The predicted octanol–water partition coefficient (Wildman–Crippen LogP) is 5.25. The van der Waals surface area contributed by atoms with Crippen LogP contribution in [0.3, 0.4) is 0 Å². The number of amides is 2. The van der Waals surface area contributed by atoms with Gasteiger partial charge in [-0.15, -0.1) is 0 Å². The molecule has 1 aliphatic carbocycles. The van der Waals surface area contributed by atoms with E-state index in [-0.39, 0.29) is 18.6 Å². The summed E-state index contributed by atoms with van der Waals surface area (Å²) in [5.41, 5.74) is 3.61. The molecule has 1 aromatic heterocycles. The van der Waals surface area contributed by atoms with Gasteiger partial charge in [0, 0.05) is 51.4 Å². The van der Waals surface area contributed by atoms with Crippen LogP contribution in [0.25, 0.3) is 0 Å². The Bertz CT molecular complexity index is 1170. The van der Waals surface area contributed by atoms with Gasteiger partial charge >= 0.3 is 6.09 Å². The molecule has 1 saturated heterocycles. The highest BCUT2D eigenvalue weighted by Crippen LogP contribution is 2.40. The van der Waals surface area contributed by atoms with Crippen molar-refractivity contribution in [2.45, 2.75) is 70.9 Å². The SMILES string of the molecule is C=CC(=O)N1CCN([C@@H](CC2CC2)c2ccc([C@H](C)CCCc3ncc4c(n3)N(CC)C(=O)OC4)cc2)CC1. The molecule has 3 heterocycles. The first-order chi connectivity index (χ1) is 19.0. The molecular weight excluding hydrogens is 490 g/mol. The molecular formula is C31H41N5O3. The molecule has 39 heavy (non-hydrogen) atoms. The first kappa shape index (κ1) is 27.3. The van der Waals surface area contributed by atoms with Crippen molar-refractivity contribution in [1.82, 2.24) is 19.8 Å². The van der Waals surface area contributed by atoms with Crippen molar-refractivity contribution in [3.05, 3.63) is 65.6 Å². The Kier molecular flexibility index (Phi) is 8.60. The molecule has 0 unspecified atom stereocenters. The fraction of sp³-hybridized carbons (Fsp3) is 0.548. The van der Waals surface area contributed by atoms with Crippen LogP contribution < -0.4 is 4.90 Å². The van der Waals surface area contributed by atoms with Gasteiger partial charge in [0.1, 0.15) is 18.2 Å². The number of anilines is 1. The number of cyclic esters (lactones) is 1. The smallest absolute Gasteiger partial charge is 0.415 e. The summed E-state index contributed by atoms with van der Waals surface area (Å²) in [6.45, 7) is 12.0. The van der Waals surface area contributed by atoms with Gasteiger partial charge < -0.3 is 9.64 Å². The van der Waals surface area contributed by atoms with Gasteiger partial charge in [-0.05, 0) is 55.2 Å². The quantitative estimate of drug-likeness (QED) is 0.369. The van der Waals surface area contributed by atoms with Crippen LogP contribution in [-0.4, -0.2) is 64.5 Å². The van der Waals surface area contributed by atoms with Crippen molar-refractivity contribution in [2.75, 3.05) is 37.6 Å². The van der Waals surface area contributed by atoms with Crippen LogP contribution >= 0.6 is 0 Å². The third kappa shape index (κ3) is 6.49. The molecule has 3 aliphatic rings. The van der Waals surface area contributed by atoms with Gasteiger partial charge in [-0.3, -0.25) is 14.6 Å². The number of benzene rings is 1. The monoisotopic (exact) mass is 531 g/mol. The first-order valence-electron chi connectivity index (χ1n) is 14.5. The number of nitrogens with zero attached hydrogens (tertiary/aromatic N) is 5. The molecule has 0 radical (unpaired) electrons. The Labute approximate surface area is 232 Å². The molecule has 1 aromatic carbocycles. The second kappa shape index (κ2) is 12.3. The highest BCUT2D eigenvalue weighted by molar-refractivity contribution is 5.88. The van der Waals surface area contributed by atoms with Gasteiger partial charge in [0.25, 0.3) is 0 Å². The molecule has 1 saturated carbocycles. The number of piperazine rings is 1. The largest absolute Gasteiger partial charge is 0.444 e. The van der Waals surface area contributed by atoms with Crippen molar-refractivity contribution >= 4 is 17.8 Å². The third-order valence-corrected chi connectivity index (χ3v) is 8.46. The number of aryl methyl sites for hydroxylation is 1. The Hall–Kier alpha value is -3.26. The molecule has 0 bridgehead atoms. The molecule has 208 valence electrons. The van der Waals surface area contributed by atoms with Crippen LogP contribution in [0.2, 0.25) is 0 Å². The number of hydrogen-bond donors (Lipinski definition) is 0. The fourth-order valence-electron chi connectivity index (χ4n) is 5.80. The summed E-state index contributed by atoms with van der Waals surface area (Å²) in [4.78, 5) is 39.3. The lowest BCUT2D eigenvalue weighted by molar-refractivity contribution is -0.128. The number of aromatic nitrogens is 2. The van der Waals surface area contributed by atoms with Crippen LogP contribution in [0.5, 0.6) is 0 Å². The summed E-state index contributed by atoms with van der Waals surface area (Å²) in [6.07, 6.45) is 9.59.